The van der Waals surface area contributed by atoms with Gasteiger partial charge in [0.2, 0.25) is 5.91 Å². The summed E-state index contributed by atoms with van der Waals surface area (Å²) in [6.45, 7) is 5.42. The molecule has 3 rings (SSSR count). The van der Waals surface area contributed by atoms with Crippen molar-refractivity contribution in [3.05, 3.63) is 35.2 Å². The van der Waals surface area contributed by atoms with Gasteiger partial charge in [-0.15, -0.1) is 0 Å². The summed E-state index contributed by atoms with van der Waals surface area (Å²) in [4.78, 5) is 21.9. The van der Waals surface area contributed by atoms with Crippen molar-refractivity contribution in [3.8, 4) is 0 Å². The summed E-state index contributed by atoms with van der Waals surface area (Å²) in [6.07, 6.45) is 6.93. The Balaban J connectivity index is 1.58. The van der Waals surface area contributed by atoms with Gasteiger partial charge in [-0.05, 0) is 33.1 Å². The zero-order chi connectivity index (χ0) is 15.5. The molecule has 0 spiro atoms. The van der Waals surface area contributed by atoms with Crippen LogP contribution in [0.25, 0.3) is 0 Å². The lowest BCUT2D eigenvalue weighted by atomic mass is 9.96. The highest BCUT2D eigenvalue weighted by Crippen LogP contribution is 2.25. The summed E-state index contributed by atoms with van der Waals surface area (Å²) in [5.41, 5.74) is 1.95. The molecule has 1 N–H and O–H groups in total. The van der Waals surface area contributed by atoms with Crippen molar-refractivity contribution in [2.24, 2.45) is 0 Å². The van der Waals surface area contributed by atoms with Crippen molar-refractivity contribution in [1.82, 2.24) is 20.0 Å². The summed E-state index contributed by atoms with van der Waals surface area (Å²) in [7, 11) is 0. The molecule has 6 nitrogen and oxygen atoms in total. The number of hydrogen-bond donors (Lipinski definition) is 1. The highest BCUT2D eigenvalue weighted by Gasteiger charge is 2.26. The van der Waals surface area contributed by atoms with Crippen LogP contribution in [-0.4, -0.2) is 39.0 Å². The lowest BCUT2D eigenvalue weighted by Crippen LogP contribution is -2.39. The first kappa shape index (κ1) is 14.8. The second-order valence-electron chi connectivity index (χ2n) is 5.96. The minimum absolute atomic E-state index is 0.205. The van der Waals surface area contributed by atoms with E-state index in [2.05, 4.69) is 15.1 Å². The molecule has 2 aromatic rings. The second-order valence-corrected chi connectivity index (χ2v) is 5.96. The maximum atomic E-state index is 12.5. The summed E-state index contributed by atoms with van der Waals surface area (Å²) >= 11 is 0. The summed E-state index contributed by atoms with van der Waals surface area (Å²) < 4.78 is 5.15. The number of aryl methyl sites for hydroxylation is 2. The molecule has 3 heterocycles. The van der Waals surface area contributed by atoms with Gasteiger partial charge in [0.05, 0.1) is 5.69 Å². The van der Waals surface area contributed by atoms with Gasteiger partial charge < -0.3 is 14.4 Å². The van der Waals surface area contributed by atoms with Crippen LogP contribution in [0.15, 0.2) is 16.9 Å². The number of imidazole rings is 1. The molecule has 1 atom stereocenters. The quantitative estimate of drug-likeness (QED) is 0.940. The Labute approximate surface area is 129 Å². The number of carbonyl (C=O) groups is 1. The Morgan fingerprint density at radius 1 is 1.50 bits per heavy atom. The fraction of sp³-hybridized carbons (Fsp3) is 0.562. The Bertz CT molecular complexity index is 613. The van der Waals surface area contributed by atoms with Gasteiger partial charge >= 0.3 is 0 Å². The van der Waals surface area contributed by atoms with E-state index in [1.807, 2.05) is 24.9 Å². The molecular weight excluding hydrogens is 280 g/mol. The van der Waals surface area contributed by atoms with Crippen molar-refractivity contribution >= 4 is 5.91 Å². The fourth-order valence-electron chi connectivity index (χ4n) is 3.18. The van der Waals surface area contributed by atoms with Crippen LogP contribution in [0, 0.1) is 13.8 Å². The van der Waals surface area contributed by atoms with Crippen LogP contribution in [0.5, 0.6) is 0 Å². The van der Waals surface area contributed by atoms with E-state index in [0.29, 0.717) is 18.8 Å². The van der Waals surface area contributed by atoms with Gasteiger partial charge in [-0.25, -0.2) is 4.98 Å². The van der Waals surface area contributed by atoms with E-state index in [0.717, 1.165) is 48.8 Å². The van der Waals surface area contributed by atoms with Crippen LogP contribution in [0.4, 0.5) is 0 Å². The van der Waals surface area contributed by atoms with Gasteiger partial charge in [0.15, 0.2) is 0 Å². The lowest BCUT2D eigenvalue weighted by Gasteiger charge is -2.32. The van der Waals surface area contributed by atoms with Crippen LogP contribution in [0.1, 0.15) is 48.0 Å². The number of likely N-dealkylation sites (tertiary alicyclic amines) is 1. The molecule has 0 aliphatic carbocycles. The van der Waals surface area contributed by atoms with Crippen LogP contribution >= 0.6 is 0 Å². The van der Waals surface area contributed by atoms with Crippen molar-refractivity contribution < 1.29 is 9.32 Å². The molecule has 1 aliphatic rings. The number of H-pyrrole nitrogens is 1. The predicted octanol–water partition coefficient (Wildman–Crippen LogP) is 2.35. The second kappa shape index (κ2) is 6.34. The van der Waals surface area contributed by atoms with Crippen molar-refractivity contribution in [2.75, 3.05) is 13.1 Å². The smallest absolute Gasteiger partial charge is 0.222 e. The minimum Gasteiger partial charge on any atom is -0.361 e. The largest absolute Gasteiger partial charge is 0.361 e. The van der Waals surface area contributed by atoms with Gasteiger partial charge in [-0.2, -0.15) is 0 Å². The highest BCUT2D eigenvalue weighted by atomic mass is 16.5. The number of hydrogen-bond acceptors (Lipinski definition) is 4. The monoisotopic (exact) mass is 302 g/mol. The van der Waals surface area contributed by atoms with Gasteiger partial charge in [-0.3, -0.25) is 4.79 Å². The first-order chi connectivity index (χ1) is 10.6. The molecule has 1 aliphatic heterocycles. The summed E-state index contributed by atoms with van der Waals surface area (Å²) in [5, 5.41) is 3.94. The van der Waals surface area contributed by atoms with E-state index in [-0.39, 0.29) is 5.91 Å². The number of rotatable bonds is 4. The van der Waals surface area contributed by atoms with E-state index in [9.17, 15) is 4.79 Å². The third kappa shape index (κ3) is 3.05. The predicted molar refractivity (Wildman–Crippen MR) is 81.4 cm³/mol. The van der Waals surface area contributed by atoms with Crippen molar-refractivity contribution in [3.63, 3.8) is 0 Å². The number of piperidine rings is 1. The number of nitrogens with zero attached hydrogens (tertiary/aromatic N) is 3. The van der Waals surface area contributed by atoms with Gasteiger partial charge in [0.1, 0.15) is 11.6 Å². The molecule has 1 amide bonds. The number of nitrogens with one attached hydrogen (secondary N) is 1. The minimum atomic E-state index is 0.205. The van der Waals surface area contributed by atoms with E-state index < -0.39 is 0 Å². The van der Waals surface area contributed by atoms with Crippen LogP contribution in [-0.2, 0) is 11.2 Å². The molecule has 118 valence electrons. The van der Waals surface area contributed by atoms with Gasteiger partial charge in [0.25, 0.3) is 0 Å². The number of amides is 1. The summed E-state index contributed by atoms with van der Waals surface area (Å²) in [6, 6.07) is 0. The van der Waals surface area contributed by atoms with E-state index in [1.54, 1.807) is 6.20 Å². The molecule has 22 heavy (non-hydrogen) atoms. The average molecular weight is 302 g/mol. The molecule has 0 radical (unpaired) electrons. The standard InChI is InChI=1S/C16H22N4O2/c1-11-14(12(2)22-19-11)5-6-15(21)20-9-3-4-13(10-20)16-17-7-8-18-16/h7-8,13H,3-6,9-10H2,1-2H3,(H,17,18). The van der Waals surface area contributed by atoms with E-state index >= 15 is 0 Å². The number of aromatic nitrogens is 3. The van der Waals surface area contributed by atoms with Crippen LogP contribution in [0.3, 0.4) is 0 Å². The Morgan fingerprint density at radius 2 is 2.36 bits per heavy atom. The van der Waals surface area contributed by atoms with E-state index in [1.165, 1.54) is 0 Å². The van der Waals surface area contributed by atoms with Crippen molar-refractivity contribution in [2.45, 2.75) is 45.4 Å². The van der Waals surface area contributed by atoms with Crippen LogP contribution in [0.2, 0.25) is 0 Å². The molecule has 6 heteroatoms. The van der Waals surface area contributed by atoms with E-state index in [4.69, 9.17) is 4.52 Å². The number of aromatic amines is 1. The Kier molecular flexibility index (Phi) is 4.27. The normalized spacial score (nSPS) is 18.6. The zero-order valence-corrected chi connectivity index (χ0v) is 13.1. The molecule has 0 bridgehead atoms. The molecule has 1 saturated heterocycles. The third-order valence-corrected chi connectivity index (χ3v) is 4.45. The maximum absolute atomic E-state index is 12.5. The lowest BCUT2D eigenvalue weighted by molar-refractivity contribution is -0.132. The fourth-order valence-corrected chi connectivity index (χ4v) is 3.18. The van der Waals surface area contributed by atoms with Gasteiger partial charge in [-0.1, -0.05) is 5.16 Å². The molecule has 0 aromatic carbocycles. The molecule has 2 aromatic heterocycles. The molecule has 0 saturated carbocycles. The average Bonchev–Trinajstić information content (AvgIpc) is 3.16. The molecular formula is C16H22N4O2. The molecule has 1 unspecified atom stereocenters. The highest BCUT2D eigenvalue weighted by molar-refractivity contribution is 5.76. The number of carbonyl (C=O) groups excluding carboxylic acids is 1. The molecule has 1 fully saturated rings. The van der Waals surface area contributed by atoms with Gasteiger partial charge in [0, 0.05) is 43.4 Å². The topological polar surface area (TPSA) is 75.0 Å². The first-order valence-electron chi connectivity index (χ1n) is 7.84. The maximum Gasteiger partial charge on any atom is 0.222 e. The SMILES string of the molecule is Cc1noc(C)c1CCC(=O)N1CCCC(c2ncc[nH]2)C1. The zero-order valence-electron chi connectivity index (χ0n) is 13.1. The summed E-state index contributed by atoms with van der Waals surface area (Å²) in [5.74, 6) is 2.34. The van der Waals surface area contributed by atoms with Crippen LogP contribution < -0.4 is 0 Å². The Morgan fingerprint density at radius 3 is 3.05 bits per heavy atom. The first-order valence-corrected chi connectivity index (χ1v) is 7.84. The van der Waals surface area contributed by atoms with Crippen molar-refractivity contribution in [1.29, 1.82) is 0 Å². The third-order valence-electron chi connectivity index (χ3n) is 4.45. The Hall–Kier alpha value is -2.11.